The van der Waals surface area contributed by atoms with E-state index in [2.05, 4.69) is 51.2 Å². The summed E-state index contributed by atoms with van der Waals surface area (Å²) in [5.74, 6) is 0. The first-order chi connectivity index (χ1) is 8.44. The number of hydrogen-bond acceptors (Lipinski definition) is 2. The van der Waals surface area contributed by atoms with Crippen molar-refractivity contribution in [2.75, 3.05) is 6.54 Å². The van der Waals surface area contributed by atoms with E-state index in [4.69, 9.17) is 0 Å². The van der Waals surface area contributed by atoms with Gasteiger partial charge in [-0.1, -0.05) is 27.7 Å². The van der Waals surface area contributed by atoms with Crippen molar-refractivity contribution < 1.29 is 0 Å². The molecule has 0 aliphatic heterocycles. The van der Waals surface area contributed by atoms with Crippen molar-refractivity contribution >= 4 is 0 Å². The molecule has 0 spiro atoms. The molecule has 1 heterocycles. The van der Waals surface area contributed by atoms with Crippen molar-refractivity contribution in [2.24, 2.45) is 5.41 Å². The summed E-state index contributed by atoms with van der Waals surface area (Å²) in [7, 11) is 0. The Kier molecular flexibility index (Phi) is 5.86. The van der Waals surface area contributed by atoms with Gasteiger partial charge in [-0.05, 0) is 43.7 Å². The Balaban J connectivity index is 2.59. The monoisotopic (exact) mass is 251 g/mol. The minimum atomic E-state index is 0.367. The van der Waals surface area contributed by atoms with Gasteiger partial charge in [0, 0.05) is 18.8 Å². The molecule has 1 rings (SSSR count). The first-order valence-corrected chi connectivity index (χ1v) is 7.19. The maximum atomic E-state index is 4.35. The molecule has 1 unspecified atom stereocenters. The van der Waals surface area contributed by atoms with Gasteiger partial charge in [0.15, 0.2) is 0 Å². The lowest BCUT2D eigenvalue weighted by atomic mass is 9.86. The highest BCUT2D eigenvalue weighted by atomic mass is 15.3. The van der Waals surface area contributed by atoms with Crippen molar-refractivity contribution in [1.29, 1.82) is 0 Å². The van der Waals surface area contributed by atoms with Crippen LogP contribution in [-0.2, 0) is 13.0 Å². The average Bonchev–Trinajstić information content (AvgIpc) is 2.71. The van der Waals surface area contributed by atoms with Crippen molar-refractivity contribution in [3.05, 3.63) is 18.0 Å². The third-order valence-corrected chi connectivity index (χ3v) is 3.03. The van der Waals surface area contributed by atoms with Crippen LogP contribution in [0.3, 0.4) is 0 Å². The van der Waals surface area contributed by atoms with Gasteiger partial charge in [-0.3, -0.25) is 4.68 Å². The molecule has 0 aliphatic rings. The maximum absolute atomic E-state index is 4.35. The molecule has 1 aromatic heterocycles. The molecule has 3 nitrogen and oxygen atoms in total. The van der Waals surface area contributed by atoms with Gasteiger partial charge in [0.25, 0.3) is 0 Å². The first kappa shape index (κ1) is 15.2. The zero-order valence-electron chi connectivity index (χ0n) is 12.7. The van der Waals surface area contributed by atoms with Crippen LogP contribution in [0.4, 0.5) is 0 Å². The summed E-state index contributed by atoms with van der Waals surface area (Å²) in [5.41, 5.74) is 1.71. The fraction of sp³-hybridized carbons (Fsp3) is 0.800. The molecule has 1 atom stereocenters. The zero-order valence-corrected chi connectivity index (χ0v) is 12.7. The van der Waals surface area contributed by atoms with Crippen molar-refractivity contribution in [3.8, 4) is 0 Å². The van der Waals surface area contributed by atoms with E-state index in [1.54, 1.807) is 0 Å². The third kappa shape index (κ3) is 5.67. The standard InChI is InChI=1S/C15H29N3/c1-6-8-16-14(10-15(3,4)5)9-13-11-17-18(7-2)12-13/h11-12,14,16H,6-10H2,1-5H3. The van der Waals surface area contributed by atoms with Crippen LogP contribution >= 0.6 is 0 Å². The van der Waals surface area contributed by atoms with Crippen LogP contribution < -0.4 is 5.32 Å². The van der Waals surface area contributed by atoms with E-state index in [-0.39, 0.29) is 0 Å². The van der Waals surface area contributed by atoms with Gasteiger partial charge in [0.1, 0.15) is 0 Å². The summed E-state index contributed by atoms with van der Waals surface area (Å²) < 4.78 is 2.00. The molecule has 0 aromatic carbocycles. The van der Waals surface area contributed by atoms with E-state index in [0.29, 0.717) is 11.5 Å². The normalized spacial score (nSPS) is 13.8. The molecule has 0 fully saturated rings. The molecule has 1 N–H and O–H groups in total. The summed E-state index contributed by atoms with van der Waals surface area (Å²) in [6.45, 7) is 13.3. The van der Waals surface area contributed by atoms with E-state index >= 15 is 0 Å². The number of aromatic nitrogens is 2. The Morgan fingerprint density at radius 1 is 1.33 bits per heavy atom. The molecule has 1 aromatic rings. The number of nitrogens with zero attached hydrogens (tertiary/aromatic N) is 2. The molecular weight excluding hydrogens is 222 g/mol. The van der Waals surface area contributed by atoms with Crippen LogP contribution in [0.5, 0.6) is 0 Å². The Hall–Kier alpha value is -0.830. The van der Waals surface area contributed by atoms with Gasteiger partial charge in [-0.2, -0.15) is 5.10 Å². The largest absolute Gasteiger partial charge is 0.314 e. The SMILES string of the molecule is CCCNC(Cc1cnn(CC)c1)CC(C)(C)C. The van der Waals surface area contributed by atoms with E-state index in [9.17, 15) is 0 Å². The molecule has 18 heavy (non-hydrogen) atoms. The number of rotatable bonds is 7. The Labute approximate surface area is 112 Å². The Bertz CT molecular complexity index is 336. The van der Waals surface area contributed by atoms with E-state index < -0.39 is 0 Å². The summed E-state index contributed by atoms with van der Waals surface area (Å²) in [6.07, 6.45) is 7.65. The second-order valence-corrected chi connectivity index (χ2v) is 6.32. The smallest absolute Gasteiger partial charge is 0.0522 e. The Morgan fingerprint density at radius 3 is 2.56 bits per heavy atom. The predicted molar refractivity (Wildman–Crippen MR) is 77.8 cm³/mol. The molecule has 0 amide bonds. The van der Waals surface area contributed by atoms with Gasteiger partial charge in [0.2, 0.25) is 0 Å². The summed E-state index contributed by atoms with van der Waals surface area (Å²) in [5, 5.41) is 8.02. The summed E-state index contributed by atoms with van der Waals surface area (Å²) >= 11 is 0. The highest BCUT2D eigenvalue weighted by Gasteiger charge is 2.19. The van der Waals surface area contributed by atoms with Gasteiger partial charge < -0.3 is 5.32 Å². The van der Waals surface area contributed by atoms with Crippen molar-refractivity contribution in [2.45, 2.75) is 66.5 Å². The molecule has 0 aliphatic carbocycles. The fourth-order valence-corrected chi connectivity index (χ4v) is 2.27. The average molecular weight is 251 g/mol. The molecule has 0 saturated heterocycles. The summed E-state index contributed by atoms with van der Waals surface area (Å²) in [6, 6.07) is 0.555. The molecule has 104 valence electrons. The molecule has 3 heteroatoms. The number of nitrogens with one attached hydrogen (secondary N) is 1. The van der Waals surface area contributed by atoms with Crippen LogP contribution in [0.2, 0.25) is 0 Å². The number of hydrogen-bond donors (Lipinski definition) is 1. The maximum Gasteiger partial charge on any atom is 0.0522 e. The van der Waals surface area contributed by atoms with E-state index in [0.717, 1.165) is 19.5 Å². The second kappa shape index (κ2) is 6.93. The topological polar surface area (TPSA) is 29.9 Å². The predicted octanol–water partition coefficient (Wildman–Crippen LogP) is 3.25. The molecule has 0 bridgehead atoms. The molecule has 0 saturated carbocycles. The first-order valence-electron chi connectivity index (χ1n) is 7.19. The lowest BCUT2D eigenvalue weighted by Gasteiger charge is -2.26. The third-order valence-electron chi connectivity index (χ3n) is 3.03. The van der Waals surface area contributed by atoms with Crippen molar-refractivity contribution in [1.82, 2.24) is 15.1 Å². The van der Waals surface area contributed by atoms with E-state index in [1.807, 2.05) is 10.9 Å². The lowest BCUT2D eigenvalue weighted by molar-refractivity contribution is 0.306. The molecule has 0 radical (unpaired) electrons. The van der Waals surface area contributed by atoms with E-state index in [1.165, 1.54) is 18.4 Å². The van der Waals surface area contributed by atoms with Gasteiger partial charge in [-0.25, -0.2) is 0 Å². The highest BCUT2D eigenvalue weighted by Crippen LogP contribution is 2.22. The minimum Gasteiger partial charge on any atom is -0.314 e. The quantitative estimate of drug-likeness (QED) is 0.806. The number of aryl methyl sites for hydroxylation is 1. The fourth-order valence-electron chi connectivity index (χ4n) is 2.27. The van der Waals surface area contributed by atoms with Crippen LogP contribution in [0.1, 0.15) is 53.0 Å². The van der Waals surface area contributed by atoms with Crippen molar-refractivity contribution in [3.63, 3.8) is 0 Å². The van der Waals surface area contributed by atoms with Gasteiger partial charge in [0.05, 0.1) is 6.20 Å². The Morgan fingerprint density at radius 2 is 2.06 bits per heavy atom. The van der Waals surface area contributed by atoms with Gasteiger partial charge >= 0.3 is 0 Å². The van der Waals surface area contributed by atoms with Crippen LogP contribution in [-0.4, -0.2) is 22.4 Å². The highest BCUT2D eigenvalue weighted by molar-refractivity contribution is 5.06. The van der Waals surface area contributed by atoms with Crippen LogP contribution in [0.15, 0.2) is 12.4 Å². The molecular formula is C15H29N3. The second-order valence-electron chi connectivity index (χ2n) is 6.32. The summed E-state index contributed by atoms with van der Waals surface area (Å²) in [4.78, 5) is 0. The minimum absolute atomic E-state index is 0.367. The van der Waals surface area contributed by atoms with Crippen LogP contribution in [0, 0.1) is 5.41 Å². The zero-order chi connectivity index (χ0) is 13.6. The van der Waals surface area contributed by atoms with Gasteiger partial charge in [-0.15, -0.1) is 0 Å². The lowest BCUT2D eigenvalue weighted by Crippen LogP contribution is -2.35. The van der Waals surface area contributed by atoms with Crippen LogP contribution in [0.25, 0.3) is 0 Å².